The van der Waals surface area contributed by atoms with E-state index in [-0.39, 0.29) is 0 Å². The van der Waals surface area contributed by atoms with E-state index in [1.165, 1.54) is 38.8 Å². The number of pyridine rings is 1. The topological polar surface area (TPSA) is 28.2 Å². The number of hydrogen-bond acceptors (Lipinski definition) is 3. The molecule has 0 aromatic carbocycles. The predicted octanol–water partition coefficient (Wildman–Crippen LogP) is 2.61. The first-order chi connectivity index (χ1) is 8.86. The fraction of sp³-hybridized carbons (Fsp3) is 0.667. The molecule has 0 bridgehead atoms. The van der Waals surface area contributed by atoms with Gasteiger partial charge in [0.1, 0.15) is 0 Å². The van der Waals surface area contributed by atoms with Crippen molar-refractivity contribution in [2.75, 3.05) is 26.2 Å². The second kappa shape index (κ2) is 7.49. The predicted molar refractivity (Wildman–Crippen MR) is 75.6 cm³/mol. The number of likely N-dealkylation sites (tertiary alicyclic amines) is 1. The zero-order valence-electron chi connectivity index (χ0n) is 11.4. The van der Waals surface area contributed by atoms with Gasteiger partial charge in [0.05, 0.1) is 5.69 Å². The van der Waals surface area contributed by atoms with Crippen LogP contribution in [-0.2, 0) is 0 Å². The van der Waals surface area contributed by atoms with Crippen molar-refractivity contribution in [1.29, 1.82) is 0 Å². The van der Waals surface area contributed by atoms with Crippen LogP contribution >= 0.6 is 0 Å². The summed E-state index contributed by atoms with van der Waals surface area (Å²) in [5.41, 5.74) is 1.13. The smallest absolute Gasteiger partial charge is 0.0570 e. The van der Waals surface area contributed by atoms with Gasteiger partial charge >= 0.3 is 0 Å². The van der Waals surface area contributed by atoms with Gasteiger partial charge in [-0.25, -0.2) is 0 Å². The van der Waals surface area contributed by atoms with Crippen molar-refractivity contribution < 1.29 is 0 Å². The van der Waals surface area contributed by atoms with E-state index in [1.807, 2.05) is 12.3 Å². The van der Waals surface area contributed by atoms with Gasteiger partial charge in [-0.05, 0) is 45.0 Å². The maximum atomic E-state index is 4.38. The Balaban J connectivity index is 1.68. The fourth-order valence-corrected chi connectivity index (χ4v) is 2.54. The fourth-order valence-electron chi connectivity index (χ4n) is 2.54. The quantitative estimate of drug-likeness (QED) is 0.867. The zero-order chi connectivity index (χ0) is 12.6. The lowest BCUT2D eigenvalue weighted by atomic mass is 10.2. The van der Waals surface area contributed by atoms with Crippen LogP contribution < -0.4 is 5.32 Å². The largest absolute Gasteiger partial charge is 0.308 e. The molecule has 0 aliphatic carbocycles. The monoisotopic (exact) mass is 247 g/mol. The molecule has 0 saturated carbocycles. The van der Waals surface area contributed by atoms with Gasteiger partial charge in [0, 0.05) is 25.3 Å². The highest BCUT2D eigenvalue weighted by Crippen LogP contribution is 2.10. The summed E-state index contributed by atoms with van der Waals surface area (Å²) in [6, 6.07) is 6.45. The minimum absolute atomic E-state index is 0.346. The van der Waals surface area contributed by atoms with Crippen LogP contribution in [0.2, 0.25) is 0 Å². The van der Waals surface area contributed by atoms with E-state index in [9.17, 15) is 0 Å². The molecule has 100 valence electrons. The Morgan fingerprint density at radius 3 is 2.67 bits per heavy atom. The van der Waals surface area contributed by atoms with Crippen molar-refractivity contribution in [2.24, 2.45) is 0 Å². The molecule has 0 spiro atoms. The van der Waals surface area contributed by atoms with E-state index in [0.29, 0.717) is 6.04 Å². The lowest BCUT2D eigenvalue weighted by Gasteiger charge is -2.21. The highest BCUT2D eigenvalue weighted by atomic mass is 15.1. The third-order valence-electron chi connectivity index (χ3n) is 3.71. The molecule has 1 unspecified atom stereocenters. The second-order valence-electron chi connectivity index (χ2n) is 5.19. The Morgan fingerprint density at radius 2 is 2.00 bits per heavy atom. The van der Waals surface area contributed by atoms with Gasteiger partial charge in [-0.15, -0.1) is 0 Å². The van der Waals surface area contributed by atoms with Gasteiger partial charge in [0.15, 0.2) is 0 Å². The summed E-state index contributed by atoms with van der Waals surface area (Å²) in [5.74, 6) is 0. The number of aromatic nitrogens is 1. The molecule has 1 N–H and O–H groups in total. The molecule has 3 nitrogen and oxygen atoms in total. The summed E-state index contributed by atoms with van der Waals surface area (Å²) >= 11 is 0. The molecule has 1 aliphatic heterocycles. The third-order valence-corrected chi connectivity index (χ3v) is 3.71. The Morgan fingerprint density at radius 1 is 1.22 bits per heavy atom. The van der Waals surface area contributed by atoms with E-state index in [4.69, 9.17) is 0 Å². The van der Waals surface area contributed by atoms with Crippen LogP contribution in [0.25, 0.3) is 0 Å². The van der Waals surface area contributed by atoms with Crippen LogP contribution in [0.3, 0.4) is 0 Å². The molecule has 1 aromatic heterocycles. The average Bonchev–Trinajstić information content (AvgIpc) is 2.68. The van der Waals surface area contributed by atoms with Crippen LogP contribution in [0.1, 0.15) is 44.3 Å². The van der Waals surface area contributed by atoms with Gasteiger partial charge in [0.25, 0.3) is 0 Å². The molecular formula is C15H25N3. The lowest BCUT2D eigenvalue weighted by molar-refractivity contribution is 0.280. The van der Waals surface area contributed by atoms with E-state index >= 15 is 0 Å². The van der Waals surface area contributed by atoms with Gasteiger partial charge < -0.3 is 10.2 Å². The molecule has 1 fully saturated rings. The molecular weight excluding hydrogens is 222 g/mol. The Hall–Kier alpha value is -0.930. The van der Waals surface area contributed by atoms with Gasteiger partial charge in [-0.3, -0.25) is 4.98 Å². The van der Waals surface area contributed by atoms with Crippen molar-refractivity contribution in [2.45, 2.75) is 38.6 Å². The molecule has 1 aromatic rings. The Labute approximate surface area is 111 Å². The maximum absolute atomic E-state index is 4.38. The van der Waals surface area contributed by atoms with Crippen LogP contribution in [0.5, 0.6) is 0 Å². The highest BCUT2D eigenvalue weighted by Gasteiger charge is 2.09. The number of rotatable bonds is 5. The van der Waals surface area contributed by atoms with E-state index in [2.05, 4.69) is 34.3 Å². The van der Waals surface area contributed by atoms with Crippen LogP contribution in [0, 0.1) is 0 Å². The van der Waals surface area contributed by atoms with Crippen molar-refractivity contribution >= 4 is 0 Å². The number of nitrogens with one attached hydrogen (secondary N) is 1. The molecule has 1 saturated heterocycles. The molecule has 18 heavy (non-hydrogen) atoms. The minimum atomic E-state index is 0.346. The first kappa shape index (κ1) is 13.5. The zero-order valence-corrected chi connectivity index (χ0v) is 11.4. The molecule has 0 radical (unpaired) electrons. The molecule has 1 aliphatic rings. The number of nitrogens with zero attached hydrogens (tertiary/aromatic N) is 2. The first-order valence-electron chi connectivity index (χ1n) is 7.23. The van der Waals surface area contributed by atoms with Gasteiger partial charge in [0.2, 0.25) is 0 Å². The first-order valence-corrected chi connectivity index (χ1v) is 7.23. The van der Waals surface area contributed by atoms with E-state index < -0.39 is 0 Å². The summed E-state index contributed by atoms with van der Waals surface area (Å²) in [6.07, 6.45) is 7.43. The van der Waals surface area contributed by atoms with E-state index in [1.54, 1.807) is 0 Å². The van der Waals surface area contributed by atoms with Crippen LogP contribution in [-0.4, -0.2) is 36.1 Å². The Bertz CT molecular complexity index is 318. The normalized spacial score (nSPS) is 19.4. The standard InChI is InChI=1S/C15H25N3/c1-14(15-8-4-5-9-17-15)16-10-13-18-11-6-2-3-7-12-18/h4-5,8-9,14,16H,2-3,6-7,10-13H2,1H3. The van der Waals surface area contributed by atoms with Crippen molar-refractivity contribution in [3.05, 3.63) is 30.1 Å². The molecule has 0 amide bonds. The van der Waals surface area contributed by atoms with Gasteiger partial charge in [-0.1, -0.05) is 18.9 Å². The SMILES string of the molecule is CC(NCCN1CCCCCC1)c1ccccn1. The molecule has 2 heterocycles. The van der Waals surface area contributed by atoms with Gasteiger partial charge in [-0.2, -0.15) is 0 Å². The summed E-state index contributed by atoms with van der Waals surface area (Å²) in [7, 11) is 0. The van der Waals surface area contributed by atoms with Crippen molar-refractivity contribution in [3.63, 3.8) is 0 Å². The Kier molecular flexibility index (Phi) is 5.62. The van der Waals surface area contributed by atoms with Crippen LogP contribution in [0.4, 0.5) is 0 Å². The summed E-state index contributed by atoms with van der Waals surface area (Å²) in [4.78, 5) is 6.97. The second-order valence-corrected chi connectivity index (χ2v) is 5.19. The highest BCUT2D eigenvalue weighted by molar-refractivity contribution is 5.07. The maximum Gasteiger partial charge on any atom is 0.0570 e. The average molecular weight is 247 g/mol. The lowest BCUT2D eigenvalue weighted by Crippen LogP contribution is -2.34. The number of hydrogen-bond donors (Lipinski definition) is 1. The van der Waals surface area contributed by atoms with Crippen molar-refractivity contribution in [3.8, 4) is 0 Å². The van der Waals surface area contributed by atoms with E-state index in [0.717, 1.165) is 18.8 Å². The third kappa shape index (κ3) is 4.39. The summed E-state index contributed by atoms with van der Waals surface area (Å²) < 4.78 is 0. The molecule has 2 rings (SSSR count). The minimum Gasteiger partial charge on any atom is -0.308 e. The van der Waals surface area contributed by atoms with Crippen molar-refractivity contribution in [1.82, 2.24) is 15.2 Å². The molecule has 1 atom stereocenters. The summed E-state index contributed by atoms with van der Waals surface area (Å²) in [5, 5.41) is 3.56. The summed E-state index contributed by atoms with van der Waals surface area (Å²) in [6.45, 7) is 6.96. The molecule has 3 heteroatoms. The van der Waals surface area contributed by atoms with Crippen LogP contribution in [0.15, 0.2) is 24.4 Å².